The summed E-state index contributed by atoms with van der Waals surface area (Å²) in [5.74, 6) is -0.390. The lowest BCUT2D eigenvalue weighted by Gasteiger charge is -2.37. The van der Waals surface area contributed by atoms with Crippen LogP contribution in [0.15, 0.2) is 71.3 Å². The molecule has 4 aromatic rings. The van der Waals surface area contributed by atoms with Crippen LogP contribution in [0.3, 0.4) is 0 Å². The van der Waals surface area contributed by atoms with Crippen LogP contribution in [0.25, 0.3) is 5.65 Å². The molecule has 1 aliphatic heterocycles. The SMILES string of the molecule is CCc1nc2cc(Br)ccn2c1C(=O)NCc1ccc(N2CCN(c3ccc(OC(F)(F)F)cc3)CC2)cc1. The molecule has 2 aromatic carbocycles. The average Bonchev–Trinajstić information content (AvgIpc) is 3.29. The first kappa shape index (κ1) is 26.9. The van der Waals surface area contributed by atoms with E-state index < -0.39 is 6.36 Å². The second-order valence-electron chi connectivity index (χ2n) is 9.20. The molecule has 3 heterocycles. The van der Waals surface area contributed by atoms with Gasteiger partial charge in [-0.2, -0.15) is 0 Å². The minimum atomic E-state index is -4.69. The fourth-order valence-electron chi connectivity index (χ4n) is 4.73. The normalized spacial score (nSPS) is 14.1. The lowest BCUT2D eigenvalue weighted by molar-refractivity contribution is -0.274. The Morgan fingerprint density at radius 2 is 1.56 bits per heavy atom. The number of carbonyl (C=O) groups is 1. The number of piperazine rings is 1. The van der Waals surface area contributed by atoms with Crippen LogP contribution in [0.1, 0.15) is 28.7 Å². The van der Waals surface area contributed by atoms with Crippen molar-refractivity contribution in [3.05, 3.63) is 88.3 Å². The van der Waals surface area contributed by atoms with E-state index in [9.17, 15) is 18.0 Å². The molecule has 0 spiro atoms. The van der Waals surface area contributed by atoms with E-state index in [1.54, 1.807) is 12.1 Å². The molecule has 0 bridgehead atoms. The maximum Gasteiger partial charge on any atom is 0.573 e. The number of imidazole rings is 1. The van der Waals surface area contributed by atoms with Gasteiger partial charge in [-0.25, -0.2) is 4.98 Å². The highest BCUT2D eigenvalue weighted by molar-refractivity contribution is 9.10. The topological polar surface area (TPSA) is 62.1 Å². The second-order valence-corrected chi connectivity index (χ2v) is 10.1. The van der Waals surface area contributed by atoms with E-state index in [2.05, 4.69) is 40.8 Å². The van der Waals surface area contributed by atoms with Crippen LogP contribution in [0.5, 0.6) is 5.75 Å². The Balaban J connectivity index is 1.15. The van der Waals surface area contributed by atoms with Crippen LogP contribution in [0.4, 0.5) is 24.5 Å². The third-order valence-corrected chi connectivity index (χ3v) is 7.17. The molecule has 0 unspecified atom stereocenters. The van der Waals surface area contributed by atoms with E-state index >= 15 is 0 Å². The van der Waals surface area contributed by atoms with E-state index in [1.165, 1.54) is 12.1 Å². The molecule has 204 valence electrons. The van der Waals surface area contributed by atoms with Crippen molar-refractivity contribution in [1.29, 1.82) is 0 Å². The van der Waals surface area contributed by atoms with Gasteiger partial charge in [0.15, 0.2) is 0 Å². The van der Waals surface area contributed by atoms with Crippen LogP contribution in [0.2, 0.25) is 0 Å². The number of halogens is 4. The molecule has 1 saturated heterocycles. The van der Waals surface area contributed by atoms with E-state index in [4.69, 9.17) is 0 Å². The number of aromatic nitrogens is 2. The van der Waals surface area contributed by atoms with Crippen molar-refractivity contribution in [2.75, 3.05) is 36.0 Å². The number of anilines is 2. The van der Waals surface area contributed by atoms with Crippen LogP contribution < -0.4 is 19.9 Å². The summed E-state index contributed by atoms with van der Waals surface area (Å²) in [7, 11) is 0. The van der Waals surface area contributed by atoms with Crippen molar-refractivity contribution in [3.8, 4) is 5.75 Å². The highest BCUT2D eigenvalue weighted by Crippen LogP contribution is 2.27. The zero-order valence-corrected chi connectivity index (χ0v) is 22.8. The molecule has 0 aliphatic carbocycles. The first-order chi connectivity index (χ1) is 18.7. The molecular weight excluding hydrogens is 575 g/mol. The first-order valence-electron chi connectivity index (χ1n) is 12.6. The zero-order chi connectivity index (χ0) is 27.6. The molecule has 7 nitrogen and oxygen atoms in total. The number of amides is 1. The van der Waals surface area contributed by atoms with Crippen LogP contribution in [0, 0.1) is 0 Å². The van der Waals surface area contributed by atoms with Gasteiger partial charge in [0.25, 0.3) is 5.91 Å². The van der Waals surface area contributed by atoms with Gasteiger partial charge >= 0.3 is 6.36 Å². The van der Waals surface area contributed by atoms with Crippen LogP contribution in [-0.4, -0.2) is 47.8 Å². The van der Waals surface area contributed by atoms with Gasteiger partial charge < -0.3 is 19.9 Å². The van der Waals surface area contributed by atoms with Crippen molar-refractivity contribution in [2.45, 2.75) is 26.3 Å². The predicted octanol–water partition coefficient (Wildman–Crippen LogP) is 5.81. The van der Waals surface area contributed by atoms with Gasteiger partial charge in [-0.3, -0.25) is 9.20 Å². The first-order valence-corrected chi connectivity index (χ1v) is 13.4. The van der Waals surface area contributed by atoms with Crippen molar-refractivity contribution in [3.63, 3.8) is 0 Å². The van der Waals surface area contributed by atoms with Gasteiger partial charge in [-0.1, -0.05) is 35.0 Å². The molecular formula is C28H27BrF3N5O2. The summed E-state index contributed by atoms with van der Waals surface area (Å²) in [6, 6.07) is 17.8. The van der Waals surface area contributed by atoms with Gasteiger partial charge in [0, 0.05) is 54.8 Å². The van der Waals surface area contributed by atoms with E-state index in [0.717, 1.165) is 58.9 Å². The Morgan fingerprint density at radius 1 is 0.974 bits per heavy atom. The molecule has 1 N–H and O–H groups in total. The third-order valence-electron chi connectivity index (χ3n) is 6.68. The number of benzene rings is 2. The summed E-state index contributed by atoms with van der Waals surface area (Å²) in [5, 5.41) is 3.02. The molecule has 0 saturated carbocycles. The number of hydrogen-bond acceptors (Lipinski definition) is 5. The van der Waals surface area contributed by atoms with Gasteiger partial charge in [-0.05, 0) is 60.5 Å². The number of ether oxygens (including phenoxy) is 1. The minimum Gasteiger partial charge on any atom is -0.406 e. The summed E-state index contributed by atoms with van der Waals surface area (Å²) in [6.45, 7) is 5.42. The van der Waals surface area contributed by atoms with Crippen molar-refractivity contribution < 1.29 is 22.7 Å². The molecule has 0 radical (unpaired) electrons. The second kappa shape index (κ2) is 11.2. The molecule has 2 aromatic heterocycles. The molecule has 1 aliphatic rings. The van der Waals surface area contributed by atoms with Crippen molar-refractivity contribution >= 4 is 38.9 Å². The lowest BCUT2D eigenvalue weighted by Crippen LogP contribution is -2.46. The number of nitrogens with one attached hydrogen (secondary N) is 1. The maximum atomic E-state index is 13.0. The molecule has 1 fully saturated rings. The number of fused-ring (bicyclic) bond motifs is 1. The van der Waals surface area contributed by atoms with Crippen LogP contribution >= 0.6 is 15.9 Å². The summed E-state index contributed by atoms with van der Waals surface area (Å²) in [5.41, 5.74) is 4.96. The van der Waals surface area contributed by atoms with Gasteiger partial charge in [-0.15, -0.1) is 13.2 Å². The highest BCUT2D eigenvalue weighted by atomic mass is 79.9. The smallest absolute Gasteiger partial charge is 0.406 e. The third kappa shape index (κ3) is 6.30. The molecule has 11 heteroatoms. The van der Waals surface area contributed by atoms with Gasteiger partial charge in [0.1, 0.15) is 17.1 Å². The predicted molar refractivity (Wildman–Crippen MR) is 147 cm³/mol. The quantitative estimate of drug-likeness (QED) is 0.289. The largest absolute Gasteiger partial charge is 0.573 e. The van der Waals surface area contributed by atoms with Crippen molar-refractivity contribution in [1.82, 2.24) is 14.7 Å². The number of rotatable bonds is 7. The van der Waals surface area contributed by atoms with E-state index in [0.29, 0.717) is 18.7 Å². The van der Waals surface area contributed by atoms with Crippen LogP contribution in [-0.2, 0) is 13.0 Å². The van der Waals surface area contributed by atoms with Crippen molar-refractivity contribution in [2.24, 2.45) is 0 Å². The standard InChI is InChI=1S/C28H27BrF3N5O2/c1-2-24-26(37-12-11-20(29)17-25(37)34-24)27(38)33-18-19-3-5-21(6-4-19)35-13-15-36(16-14-35)22-7-9-23(10-8-22)39-28(30,31)32/h3-12,17H,2,13-16,18H2,1H3,(H,33,38). The fourth-order valence-corrected chi connectivity index (χ4v) is 5.05. The maximum absolute atomic E-state index is 13.0. The number of aryl methyl sites for hydroxylation is 1. The molecule has 1 amide bonds. The Hall–Kier alpha value is -3.73. The number of alkyl halides is 3. The Bertz CT molecular complexity index is 1450. The van der Waals surface area contributed by atoms with Gasteiger partial charge in [0.05, 0.1) is 5.69 Å². The summed E-state index contributed by atoms with van der Waals surface area (Å²) < 4.78 is 43.8. The number of pyridine rings is 1. The molecule has 0 atom stereocenters. The fraction of sp³-hybridized carbons (Fsp3) is 0.286. The van der Waals surface area contributed by atoms with Gasteiger partial charge in [0.2, 0.25) is 0 Å². The minimum absolute atomic E-state index is 0.167. The lowest BCUT2D eigenvalue weighted by atomic mass is 10.1. The van der Waals surface area contributed by atoms with E-state index in [-0.39, 0.29) is 11.7 Å². The molecule has 39 heavy (non-hydrogen) atoms. The Morgan fingerprint density at radius 3 is 2.13 bits per heavy atom. The average molecular weight is 602 g/mol. The number of carbonyl (C=O) groups excluding carboxylic acids is 1. The highest BCUT2D eigenvalue weighted by Gasteiger charge is 2.31. The molecule has 5 rings (SSSR count). The zero-order valence-electron chi connectivity index (χ0n) is 21.2. The summed E-state index contributed by atoms with van der Waals surface area (Å²) in [4.78, 5) is 22.0. The Labute approximate surface area is 232 Å². The summed E-state index contributed by atoms with van der Waals surface area (Å²) in [6.07, 6.45) is -2.20. The summed E-state index contributed by atoms with van der Waals surface area (Å²) >= 11 is 3.45. The van der Waals surface area contributed by atoms with E-state index in [1.807, 2.05) is 53.9 Å². The monoisotopic (exact) mass is 601 g/mol. The Kier molecular flexibility index (Phi) is 7.69. The number of nitrogens with zero attached hydrogens (tertiary/aromatic N) is 4. The number of hydrogen-bond donors (Lipinski definition) is 1.